The van der Waals surface area contributed by atoms with Crippen molar-refractivity contribution in [3.05, 3.63) is 59.2 Å². The molecule has 1 aliphatic heterocycles. The minimum atomic E-state index is 0.501. The Kier molecular flexibility index (Phi) is 13.8. The second-order valence-corrected chi connectivity index (χ2v) is 9.50. The number of fused-ring (bicyclic) bond motifs is 4. The van der Waals surface area contributed by atoms with Gasteiger partial charge in [-0.25, -0.2) is 0 Å². The van der Waals surface area contributed by atoms with Gasteiger partial charge in [-0.15, -0.1) is 0 Å². The van der Waals surface area contributed by atoms with E-state index in [1.54, 1.807) is 0 Å². The Morgan fingerprint density at radius 2 is 0.848 bits per heavy atom. The number of ether oxygens (including phenoxy) is 5. The molecule has 182 valence electrons. The Morgan fingerprint density at radius 1 is 0.485 bits per heavy atom. The molecule has 0 unspecified atom stereocenters. The second kappa shape index (κ2) is 17.3. The molecule has 0 aromatic carbocycles. The summed E-state index contributed by atoms with van der Waals surface area (Å²) in [7, 11) is 0. The molecule has 0 saturated heterocycles. The first-order chi connectivity index (χ1) is 16.4. The fourth-order valence-corrected chi connectivity index (χ4v) is 4.95. The van der Waals surface area contributed by atoms with Gasteiger partial charge in [-0.2, -0.15) is 23.5 Å². The van der Waals surface area contributed by atoms with Gasteiger partial charge in [0.1, 0.15) is 0 Å². The Bertz CT molecular complexity index is 721. The van der Waals surface area contributed by atoms with Crippen LogP contribution in [0.25, 0.3) is 0 Å². The quantitative estimate of drug-likeness (QED) is 0.545. The van der Waals surface area contributed by atoms with Crippen LogP contribution in [0.4, 0.5) is 0 Å². The van der Waals surface area contributed by atoms with E-state index in [1.807, 2.05) is 47.8 Å². The van der Waals surface area contributed by atoms with Crippen molar-refractivity contribution < 1.29 is 23.7 Å². The fraction of sp³-hybridized carbons (Fsp3) is 0.583. The summed E-state index contributed by atoms with van der Waals surface area (Å²) in [6, 6.07) is 12.3. The van der Waals surface area contributed by atoms with Gasteiger partial charge in [-0.1, -0.05) is 12.1 Å². The maximum absolute atomic E-state index is 5.68. The Morgan fingerprint density at radius 3 is 1.27 bits per heavy atom. The lowest BCUT2D eigenvalue weighted by Gasteiger charge is -2.08. The summed E-state index contributed by atoms with van der Waals surface area (Å²) in [5, 5.41) is 0. The number of rotatable bonds is 0. The maximum Gasteiger partial charge on any atom is 0.0889 e. The maximum atomic E-state index is 5.68. The summed E-state index contributed by atoms with van der Waals surface area (Å²) >= 11 is 3.81. The number of nitrogens with zero attached hydrogens (tertiary/aromatic N) is 2. The molecule has 0 spiro atoms. The summed E-state index contributed by atoms with van der Waals surface area (Å²) in [5.74, 6) is 3.98. The molecular formula is C24H34N2O5S2. The monoisotopic (exact) mass is 494 g/mol. The van der Waals surface area contributed by atoms with Gasteiger partial charge in [0.15, 0.2) is 0 Å². The van der Waals surface area contributed by atoms with E-state index in [0.29, 0.717) is 66.1 Å². The van der Waals surface area contributed by atoms with Crippen LogP contribution in [0.5, 0.6) is 0 Å². The van der Waals surface area contributed by atoms with Crippen LogP contribution >= 0.6 is 23.5 Å². The summed E-state index contributed by atoms with van der Waals surface area (Å²) in [5.41, 5.74) is 4.10. The van der Waals surface area contributed by atoms with Crippen LogP contribution < -0.4 is 0 Å². The predicted octanol–water partition coefficient (Wildman–Crippen LogP) is 3.74. The first-order valence-electron chi connectivity index (χ1n) is 11.3. The lowest BCUT2D eigenvalue weighted by atomic mass is 10.3. The van der Waals surface area contributed by atoms with E-state index in [2.05, 4.69) is 12.1 Å². The van der Waals surface area contributed by atoms with Gasteiger partial charge in [0.25, 0.3) is 0 Å². The molecule has 0 atom stereocenters. The van der Waals surface area contributed by atoms with Crippen molar-refractivity contribution in [2.24, 2.45) is 0 Å². The van der Waals surface area contributed by atoms with Crippen LogP contribution in [0.15, 0.2) is 36.4 Å². The molecule has 4 bridgehead atoms. The lowest BCUT2D eigenvalue weighted by molar-refractivity contribution is -0.0141. The highest BCUT2D eigenvalue weighted by Crippen LogP contribution is 2.16. The van der Waals surface area contributed by atoms with Crippen molar-refractivity contribution in [3.8, 4) is 0 Å². The molecule has 0 saturated carbocycles. The largest absolute Gasteiger partial charge is 0.377 e. The van der Waals surface area contributed by atoms with Gasteiger partial charge in [0.2, 0.25) is 0 Å². The van der Waals surface area contributed by atoms with Gasteiger partial charge in [0, 0.05) is 23.0 Å². The molecule has 1 aliphatic rings. The van der Waals surface area contributed by atoms with Crippen molar-refractivity contribution in [3.63, 3.8) is 0 Å². The van der Waals surface area contributed by atoms with Crippen molar-refractivity contribution in [1.29, 1.82) is 0 Å². The van der Waals surface area contributed by atoms with E-state index in [1.165, 1.54) is 0 Å². The highest BCUT2D eigenvalue weighted by molar-refractivity contribution is 8.02. The zero-order valence-corrected chi connectivity index (χ0v) is 20.7. The van der Waals surface area contributed by atoms with Gasteiger partial charge in [-0.05, 0) is 24.3 Å². The van der Waals surface area contributed by atoms with E-state index in [4.69, 9.17) is 33.7 Å². The molecule has 2 aromatic heterocycles. The number of hydrogen-bond acceptors (Lipinski definition) is 9. The molecule has 0 amide bonds. The average Bonchev–Trinajstić information content (AvgIpc) is 2.84. The fourth-order valence-electron chi connectivity index (χ4n) is 2.98. The van der Waals surface area contributed by atoms with E-state index < -0.39 is 0 Å². The molecule has 0 N–H and O–H groups in total. The van der Waals surface area contributed by atoms with E-state index in [-0.39, 0.29) is 0 Å². The molecular weight excluding hydrogens is 460 g/mol. The Labute approximate surface area is 205 Å². The van der Waals surface area contributed by atoms with E-state index >= 15 is 0 Å². The zero-order chi connectivity index (χ0) is 22.8. The molecule has 7 nitrogen and oxygen atoms in total. The summed E-state index contributed by atoms with van der Waals surface area (Å²) in [4.78, 5) is 9.40. The van der Waals surface area contributed by atoms with Gasteiger partial charge >= 0.3 is 0 Å². The standard InChI is InChI=1S/C24H34N2O5S2/c1-3-21-17-30-13-11-28-9-7-27-8-10-29-12-14-31-18-22-4-2-6-24(26-22)20-33-16-15-32-19-23(5-1)25-21/h1-6H,7-20H2. The third-order valence-electron chi connectivity index (χ3n) is 4.59. The van der Waals surface area contributed by atoms with Crippen LogP contribution in [0.3, 0.4) is 0 Å². The van der Waals surface area contributed by atoms with Gasteiger partial charge < -0.3 is 23.7 Å². The first kappa shape index (κ1) is 26.4. The third-order valence-corrected chi connectivity index (χ3v) is 6.83. The molecule has 2 aromatic rings. The van der Waals surface area contributed by atoms with Crippen molar-refractivity contribution in [1.82, 2.24) is 9.97 Å². The summed E-state index contributed by atoms with van der Waals surface area (Å²) in [6.45, 7) is 5.34. The van der Waals surface area contributed by atoms with E-state index in [9.17, 15) is 0 Å². The van der Waals surface area contributed by atoms with Crippen LogP contribution in [0.2, 0.25) is 0 Å². The average molecular weight is 495 g/mol. The SMILES string of the molecule is c1cc2nc(c1)CSCCSCc1cccc(n1)COCCOCCOCCOCCOC2. The number of aromatic nitrogens is 2. The van der Waals surface area contributed by atoms with Crippen molar-refractivity contribution in [2.75, 3.05) is 64.4 Å². The Hall–Kier alpha value is -1.20. The van der Waals surface area contributed by atoms with Crippen LogP contribution in [-0.4, -0.2) is 74.3 Å². The van der Waals surface area contributed by atoms with Crippen LogP contribution in [0, 0.1) is 0 Å². The first-order valence-corrected chi connectivity index (χ1v) is 13.6. The van der Waals surface area contributed by atoms with Gasteiger partial charge in [0.05, 0.1) is 88.8 Å². The lowest BCUT2D eigenvalue weighted by Crippen LogP contribution is -2.13. The minimum absolute atomic E-state index is 0.501. The number of pyridine rings is 2. The van der Waals surface area contributed by atoms with E-state index in [0.717, 1.165) is 45.8 Å². The highest BCUT2D eigenvalue weighted by atomic mass is 32.2. The molecule has 0 fully saturated rings. The minimum Gasteiger partial charge on any atom is -0.377 e. The van der Waals surface area contributed by atoms with Crippen LogP contribution in [0.1, 0.15) is 22.8 Å². The third kappa shape index (κ3) is 12.2. The van der Waals surface area contributed by atoms with Crippen LogP contribution in [-0.2, 0) is 48.4 Å². The molecule has 9 heteroatoms. The summed E-state index contributed by atoms with van der Waals surface area (Å²) in [6.07, 6.45) is 0. The zero-order valence-electron chi connectivity index (χ0n) is 19.1. The number of thioether (sulfide) groups is 2. The smallest absolute Gasteiger partial charge is 0.0889 e. The predicted molar refractivity (Wildman–Crippen MR) is 133 cm³/mol. The van der Waals surface area contributed by atoms with Crippen molar-refractivity contribution in [2.45, 2.75) is 24.7 Å². The Balaban J connectivity index is 1.43. The summed E-state index contributed by atoms with van der Waals surface area (Å²) < 4.78 is 27.9. The van der Waals surface area contributed by atoms with Gasteiger partial charge in [-0.3, -0.25) is 9.97 Å². The molecule has 0 aliphatic carbocycles. The molecule has 33 heavy (non-hydrogen) atoms. The van der Waals surface area contributed by atoms with Crippen molar-refractivity contribution >= 4 is 23.5 Å². The normalized spacial score (nSPS) is 19.4. The molecule has 3 heterocycles. The second-order valence-electron chi connectivity index (χ2n) is 7.29. The molecule has 0 radical (unpaired) electrons. The molecule has 3 rings (SSSR count). The highest BCUT2D eigenvalue weighted by Gasteiger charge is 2.02. The number of hydrogen-bond donors (Lipinski definition) is 0. The topological polar surface area (TPSA) is 71.9 Å².